The van der Waals surface area contributed by atoms with Crippen molar-refractivity contribution in [1.82, 2.24) is 29.9 Å². The highest BCUT2D eigenvalue weighted by Gasteiger charge is 2.21. The number of nitrogens with one attached hydrogen (secondary N) is 4. The summed E-state index contributed by atoms with van der Waals surface area (Å²) in [7, 11) is -9.82. The van der Waals surface area contributed by atoms with Crippen LogP contribution in [-0.2, 0) is 20.2 Å². The number of aromatic nitrogens is 6. The van der Waals surface area contributed by atoms with E-state index in [4.69, 9.17) is 10.8 Å². The summed E-state index contributed by atoms with van der Waals surface area (Å²) in [5, 5.41) is 58.1. The van der Waals surface area contributed by atoms with Gasteiger partial charge >= 0.3 is 0 Å². The molecule has 0 unspecified atom stereocenters. The number of nitrogens with zero attached hydrogens (tertiary/aromatic N) is 8. The molecule has 2 heterocycles. The molecule has 0 aliphatic heterocycles. The lowest BCUT2D eigenvalue weighted by molar-refractivity contribution is 0.279. The number of hydrogen-bond acceptors (Lipinski definition) is 22. The van der Waals surface area contributed by atoms with Crippen LogP contribution in [0.5, 0.6) is 0 Å². The number of hydrogen-bond donors (Lipinski definition) is 12. The maximum atomic E-state index is 12.7. The lowest BCUT2D eigenvalue weighted by Crippen LogP contribution is -2.31. The molecular weight excluding hydrogens is 927 g/mol. The topological polar surface area (TPSA) is 368 Å². The molecule has 0 spiro atoms. The largest absolute Gasteiger partial charge is 0.395 e. The molecule has 4 aromatic carbocycles. The quantitative estimate of drug-likeness (QED) is 0.0323. The minimum Gasteiger partial charge on any atom is -0.395 e. The van der Waals surface area contributed by atoms with E-state index < -0.39 is 30.0 Å². The van der Waals surface area contributed by atoms with Gasteiger partial charge in [-0.25, -0.2) is 0 Å². The Kier molecular flexibility index (Phi) is 19.3. The predicted octanol–water partition coefficient (Wildman–Crippen LogP) is 2.21. The van der Waals surface area contributed by atoms with E-state index in [2.05, 4.69) is 51.2 Å². The van der Waals surface area contributed by atoms with Crippen LogP contribution in [0.2, 0.25) is 0 Å². The number of benzene rings is 4. The molecule has 0 aliphatic carbocycles. The molecule has 0 atom stereocenters. The van der Waals surface area contributed by atoms with Gasteiger partial charge in [-0.15, -0.1) is 0 Å². The van der Waals surface area contributed by atoms with E-state index in [9.17, 15) is 46.4 Å². The van der Waals surface area contributed by atoms with Gasteiger partial charge in [0.25, 0.3) is 20.2 Å². The van der Waals surface area contributed by atoms with Crippen molar-refractivity contribution in [2.24, 2.45) is 5.73 Å². The van der Waals surface area contributed by atoms with Crippen molar-refractivity contribution in [3.63, 3.8) is 0 Å². The monoisotopic (exact) mass is 977 g/mol. The number of aliphatic hydroxyl groups is 5. The zero-order valence-electron chi connectivity index (χ0n) is 36.2. The minimum absolute atomic E-state index is 0.0647. The maximum absolute atomic E-state index is 12.7. The lowest BCUT2D eigenvalue weighted by Gasteiger charge is -2.21. The molecule has 0 radical (unpaired) electrons. The average Bonchev–Trinajstić information content (AvgIpc) is 3.31. The Hall–Kier alpha value is -6.98. The molecule has 6 rings (SSSR count). The van der Waals surface area contributed by atoms with Gasteiger partial charge in [0.05, 0.1) is 33.0 Å². The van der Waals surface area contributed by atoms with Gasteiger partial charge in [0.2, 0.25) is 35.7 Å². The van der Waals surface area contributed by atoms with Crippen LogP contribution in [0.25, 0.3) is 12.2 Å². The summed E-state index contributed by atoms with van der Waals surface area (Å²) < 4.78 is 71.5. The first-order valence-electron chi connectivity index (χ1n) is 20.5. The van der Waals surface area contributed by atoms with Crippen molar-refractivity contribution in [3.05, 3.63) is 108 Å². The van der Waals surface area contributed by atoms with E-state index in [0.29, 0.717) is 17.9 Å². The number of para-hydroxylation sites is 2. The molecular formula is C42H51N13O11S2. The summed E-state index contributed by atoms with van der Waals surface area (Å²) in [4.78, 5) is 28.3. The minimum atomic E-state index is -4.91. The zero-order valence-corrected chi connectivity index (χ0v) is 37.8. The van der Waals surface area contributed by atoms with Crippen molar-refractivity contribution in [3.8, 4) is 0 Å². The normalized spacial score (nSPS) is 11.4. The fourth-order valence-corrected chi connectivity index (χ4v) is 7.45. The van der Waals surface area contributed by atoms with E-state index in [-0.39, 0.29) is 117 Å². The van der Waals surface area contributed by atoms with Gasteiger partial charge in [-0.2, -0.15) is 46.7 Å². The molecule has 6 aromatic rings. The average molecular weight is 978 g/mol. The standard InChI is InChI=1S/C40H44N12O10S2.C2H7NO/c53-21-17-51(18-22-54)39-47-35(41-29-7-3-1-4-8-29)45-37(49-39)43-31-15-13-27(33(25-31)63(57,58)59)11-12-28-14-16-32(26-34(28)64(60,61)62)44-38-46-36(42-30-9-5-2-6-10-30)48-40(50-38)52(19-23-55)20-24-56;3-1-2-4/h1-16,25-26,53-56H,17-24H2,(H,57,58,59)(H,60,61,62)(H2,41,43,45,47,49)(H2,42,44,46,48,50);4H,1-3H2/b12-11+;. The molecule has 0 fully saturated rings. The van der Waals surface area contributed by atoms with Gasteiger partial charge < -0.3 is 62.3 Å². The van der Waals surface area contributed by atoms with E-state index in [1.165, 1.54) is 46.2 Å². The second-order valence-electron chi connectivity index (χ2n) is 14.0. The first-order chi connectivity index (χ1) is 32.7. The number of rotatable bonds is 23. The van der Waals surface area contributed by atoms with Crippen molar-refractivity contribution in [1.29, 1.82) is 0 Å². The Balaban J connectivity index is 0.00000208. The van der Waals surface area contributed by atoms with Gasteiger partial charge in [0, 0.05) is 55.5 Å². The first kappa shape index (κ1) is 52.0. The predicted molar refractivity (Wildman–Crippen MR) is 256 cm³/mol. The second kappa shape index (κ2) is 25.2. The number of aliphatic hydroxyl groups excluding tert-OH is 5. The summed E-state index contributed by atoms with van der Waals surface area (Å²) in [5.41, 5.74) is 6.13. The van der Waals surface area contributed by atoms with Crippen LogP contribution in [-0.4, -0.2) is 147 Å². The van der Waals surface area contributed by atoms with Crippen LogP contribution in [0.4, 0.5) is 58.4 Å². The third-order valence-electron chi connectivity index (χ3n) is 9.02. The Morgan fingerprint density at radius 1 is 0.456 bits per heavy atom. The highest BCUT2D eigenvalue weighted by molar-refractivity contribution is 7.86. The second-order valence-corrected chi connectivity index (χ2v) is 16.7. The fraction of sp³-hybridized carbons (Fsp3) is 0.238. The van der Waals surface area contributed by atoms with Gasteiger partial charge in [0.15, 0.2) is 0 Å². The summed E-state index contributed by atoms with van der Waals surface area (Å²) in [6.45, 7) is -0.323. The molecule has 0 bridgehead atoms. The smallest absolute Gasteiger partial charge is 0.295 e. The Morgan fingerprint density at radius 2 is 0.765 bits per heavy atom. The highest BCUT2D eigenvalue weighted by atomic mass is 32.2. The SMILES string of the molecule is NCCO.O=S(=O)(O)c1cc(Nc2nc(Nc3ccccc3)nc(N(CCO)CCO)n2)ccc1/C=C/c1ccc(Nc2nc(Nc3ccccc3)nc(N(CCO)CCO)n2)cc1S(=O)(=O)O. The van der Waals surface area contributed by atoms with E-state index >= 15 is 0 Å². The van der Waals surface area contributed by atoms with Crippen LogP contribution in [0.3, 0.4) is 0 Å². The molecule has 24 nitrogen and oxygen atoms in total. The molecule has 0 saturated heterocycles. The highest BCUT2D eigenvalue weighted by Crippen LogP contribution is 2.29. The van der Waals surface area contributed by atoms with Crippen LogP contribution in [0, 0.1) is 0 Å². The Morgan fingerprint density at radius 3 is 1.04 bits per heavy atom. The molecule has 2 aromatic heterocycles. The number of nitrogens with two attached hydrogens (primary N) is 1. The van der Waals surface area contributed by atoms with Crippen molar-refractivity contribution in [2.75, 3.05) is 96.8 Å². The summed E-state index contributed by atoms with van der Waals surface area (Å²) in [6, 6.07) is 25.7. The summed E-state index contributed by atoms with van der Waals surface area (Å²) in [5.74, 6) is 0.187. The fourth-order valence-electron chi connectivity index (χ4n) is 6.03. The van der Waals surface area contributed by atoms with E-state index in [1.807, 2.05) is 12.1 Å². The molecule has 26 heteroatoms. The third-order valence-corrected chi connectivity index (χ3v) is 10.8. The molecule has 0 saturated carbocycles. The Bertz CT molecular complexity index is 2620. The van der Waals surface area contributed by atoms with Crippen molar-refractivity contribution < 1.29 is 51.5 Å². The van der Waals surface area contributed by atoms with Gasteiger partial charge in [0.1, 0.15) is 9.79 Å². The van der Waals surface area contributed by atoms with Crippen LogP contribution < -0.4 is 36.8 Å². The summed E-state index contributed by atoms with van der Waals surface area (Å²) >= 11 is 0. The zero-order chi connectivity index (χ0) is 49.1. The Labute approximate surface area is 391 Å². The van der Waals surface area contributed by atoms with Gasteiger partial charge in [-0.1, -0.05) is 60.7 Å². The maximum Gasteiger partial charge on any atom is 0.295 e. The van der Waals surface area contributed by atoms with Gasteiger partial charge in [-0.05, 0) is 59.7 Å². The molecule has 0 amide bonds. The molecule has 68 heavy (non-hydrogen) atoms. The molecule has 362 valence electrons. The molecule has 0 aliphatic rings. The van der Waals surface area contributed by atoms with Crippen LogP contribution >= 0.6 is 0 Å². The first-order valence-corrected chi connectivity index (χ1v) is 23.4. The molecule has 13 N–H and O–H groups in total. The van der Waals surface area contributed by atoms with Crippen LogP contribution in [0.1, 0.15) is 11.1 Å². The summed E-state index contributed by atoms with van der Waals surface area (Å²) in [6.07, 6.45) is 2.45. The van der Waals surface area contributed by atoms with Crippen LogP contribution in [0.15, 0.2) is 107 Å². The van der Waals surface area contributed by atoms with Crippen molar-refractivity contribution in [2.45, 2.75) is 9.79 Å². The lowest BCUT2D eigenvalue weighted by atomic mass is 10.1. The number of anilines is 10. The third kappa shape index (κ3) is 15.6. The van der Waals surface area contributed by atoms with E-state index in [1.54, 1.807) is 48.5 Å². The van der Waals surface area contributed by atoms with E-state index in [0.717, 1.165) is 12.1 Å². The van der Waals surface area contributed by atoms with Gasteiger partial charge in [-0.3, -0.25) is 9.11 Å². The van der Waals surface area contributed by atoms with Crippen molar-refractivity contribution >= 4 is 90.8 Å².